The van der Waals surface area contributed by atoms with Gasteiger partial charge in [0.05, 0.1) is 5.75 Å². The molecule has 96 valence electrons. The molecule has 0 atom stereocenters. The zero-order valence-electron chi connectivity index (χ0n) is 10.6. The van der Waals surface area contributed by atoms with E-state index >= 15 is 0 Å². The molecule has 1 aromatic carbocycles. The first-order valence-electron chi connectivity index (χ1n) is 6.04. The topological polar surface area (TPSA) is 37.8 Å². The van der Waals surface area contributed by atoms with E-state index < -0.39 is 0 Å². The van der Waals surface area contributed by atoms with Gasteiger partial charge < -0.3 is 5.32 Å². The number of hydrogen-bond acceptors (Lipinski definition) is 5. The molecule has 1 heterocycles. The summed E-state index contributed by atoms with van der Waals surface area (Å²) in [7, 11) is 0. The van der Waals surface area contributed by atoms with Crippen LogP contribution in [0.3, 0.4) is 0 Å². The lowest BCUT2D eigenvalue weighted by Gasteiger charge is -2.02. The lowest BCUT2D eigenvalue weighted by Crippen LogP contribution is -1.98. The molecule has 0 saturated heterocycles. The minimum atomic E-state index is 0.885. The van der Waals surface area contributed by atoms with Crippen LogP contribution in [0.25, 0.3) is 0 Å². The molecule has 1 N–H and O–H groups in total. The van der Waals surface area contributed by atoms with Gasteiger partial charge in [-0.3, -0.25) is 0 Å². The van der Waals surface area contributed by atoms with Gasteiger partial charge in [0, 0.05) is 11.4 Å². The van der Waals surface area contributed by atoms with Crippen LogP contribution in [0, 0.1) is 6.92 Å². The fourth-order valence-electron chi connectivity index (χ4n) is 1.47. The number of benzene rings is 1. The van der Waals surface area contributed by atoms with Crippen molar-refractivity contribution < 1.29 is 0 Å². The van der Waals surface area contributed by atoms with Gasteiger partial charge in [-0.1, -0.05) is 36.5 Å². The zero-order chi connectivity index (χ0) is 12.8. The highest BCUT2D eigenvalue weighted by Gasteiger charge is 2.05. The molecule has 1 aromatic heterocycles. The van der Waals surface area contributed by atoms with Gasteiger partial charge in [-0.05, 0) is 25.0 Å². The molecule has 2 aromatic rings. The Morgan fingerprint density at radius 3 is 2.89 bits per heavy atom. The first-order chi connectivity index (χ1) is 8.79. The summed E-state index contributed by atoms with van der Waals surface area (Å²) in [6, 6.07) is 8.43. The maximum absolute atomic E-state index is 4.20. The highest BCUT2D eigenvalue weighted by Crippen LogP contribution is 2.27. The van der Waals surface area contributed by atoms with Crippen molar-refractivity contribution in [3.8, 4) is 0 Å². The predicted octanol–water partition coefficient (Wildman–Crippen LogP) is 3.96. The average molecular weight is 279 g/mol. The molecule has 0 aliphatic heterocycles. The highest BCUT2D eigenvalue weighted by atomic mass is 32.2. The number of aryl methyl sites for hydroxylation is 1. The maximum atomic E-state index is 4.20. The van der Waals surface area contributed by atoms with Gasteiger partial charge in [-0.2, -0.15) is 0 Å². The molecule has 0 aliphatic rings. The van der Waals surface area contributed by atoms with E-state index in [1.807, 2.05) is 11.8 Å². The second kappa shape index (κ2) is 6.75. The van der Waals surface area contributed by atoms with Crippen molar-refractivity contribution in [1.82, 2.24) is 10.2 Å². The first kappa shape index (κ1) is 13.4. The Balaban J connectivity index is 1.90. The van der Waals surface area contributed by atoms with Crippen molar-refractivity contribution in [2.24, 2.45) is 0 Å². The Kier molecular flexibility index (Phi) is 5.01. The number of nitrogens with zero attached hydrogens (tertiary/aromatic N) is 2. The summed E-state index contributed by atoms with van der Waals surface area (Å²) in [5.74, 6) is 0.885. The molecule has 0 spiro atoms. The molecule has 0 amide bonds. The van der Waals surface area contributed by atoms with E-state index in [4.69, 9.17) is 0 Å². The van der Waals surface area contributed by atoms with Crippen molar-refractivity contribution in [2.45, 2.75) is 30.9 Å². The zero-order valence-corrected chi connectivity index (χ0v) is 12.3. The number of hydrogen-bond donors (Lipinski definition) is 1. The van der Waals surface area contributed by atoms with Crippen molar-refractivity contribution >= 4 is 28.2 Å². The van der Waals surface area contributed by atoms with Gasteiger partial charge in [0.1, 0.15) is 5.01 Å². The van der Waals surface area contributed by atoms with Gasteiger partial charge in [-0.25, -0.2) is 0 Å². The highest BCUT2D eigenvalue weighted by molar-refractivity contribution is 7.98. The molecule has 0 bridgehead atoms. The SMILES string of the molecule is CCCNc1nnc(CSc2ccccc2C)s1. The summed E-state index contributed by atoms with van der Waals surface area (Å²) in [6.45, 7) is 5.24. The fraction of sp³-hybridized carbons (Fsp3) is 0.385. The molecule has 0 radical (unpaired) electrons. The molecule has 2 rings (SSSR count). The third kappa shape index (κ3) is 3.71. The quantitative estimate of drug-likeness (QED) is 0.812. The Morgan fingerprint density at radius 1 is 1.28 bits per heavy atom. The predicted molar refractivity (Wildman–Crippen MR) is 79.4 cm³/mol. The van der Waals surface area contributed by atoms with E-state index in [9.17, 15) is 0 Å². The van der Waals surface area contributed by atoms with Crippen molar-refractivity contribution in [1.29, 1.82) is 0 Å². The van der Waals surface area contributed by atoms with Crippen LogP contribution in [0.5, 0.6) is 0 Å². The fourth-order valence-corrected chi connectivity index (χ4v) is 3.25. The Labute approximate surface area is 116 Å². The van der Waals surface area contributed by atoms with E-state index in [-0.39, 0.29) is 0 Å². The molecule has 3 nitrogen and oxygen atoms in total. The summed E-state index contributed by atoms with van der Waals surface area (Å²) in [4.78, 5) is 1.32. The van der Waals surface area contributed by atoms with Crippen LogP contribution in [-0.4, -0.2) is 16.7 Å². The minimum Gasteiger partial charge on any atom is -0.360 e. The third-order valence-corrected chi connectivity index (χ3v) is 4.69. The number of rotatable bonds is 6. The van der Waals surface area contributed by atoms with Crippen LogP contribution < -0.4 is 5.32 Å². The summed E-state index contributed by atoms with van der Waals surface area (Å²) < 4.78 is 0. The minimum absolute atomic E-state index is 0.885. The lowest BCUT2D eigenvalue weighted by molar-refractivity contribution is 0.958. The normalized spacial score (nSPS) is 10.6. The monoisotopic (exact) mass is 279 g/mol. The van der Waals surface area contributed by atoms with Crippen LogP contribution in [0.15, 0.2) is 29.2 Å². The van der Waals surface area contributed by atoms with Crippen molar-refractivity contribution in [2.75, 3.05) is 11.9 Å². The average Bonchev–Trinajstić information content (AvgIpc) is 2.83. The van der Waals surface area contributed by atoms with Gasteiger partial charge in [0.2, 0.25) is 5.13 Å². The molecule has 0 aliphatic carbocycles. The second-order valence-corrected chi connectivity index (χ2v) is 6.06. The van der Waals surface area contributed by atoms with E-state index in [2.05, 4.69) is 53.6 Å². The first-order valence-corrected chi connectivity index (χ1v) is 7.84. The number of anilines is 1. The largest absolute Gasteiger partial charge is 0.360 e. The second-order valence-electron chi connectivity index (χ2n) is 3.98. The van der Waals surface area contributed by atoms with E-state index in [1.165, 1.54) is 10.5 Å². The molecule has 5 heteroatoms. The van der Waals surface area contributed by atoms with Crippen molar-refractivity contribution in [3.63, 3.8) is 0 Å². The molecule has 0 unspecified atom stereocenters. The lowest BCUT2D eigenvalue weighted by atomic mass is 10.2. The molecular formula is C13H17N3S2. The standard InChI is InChI=1S/C13H17N3S2/c1-3-8-14-13-16-15-12(18-13)9-17-11-7-5-4-6-10(11)2/h4-7H,3,8-9H2,1-2H3,(H,14,16). The van der Waals surface area contributed by atoms with Gasteiger partial charge in [-0.15, -0.1) is 22.0 Å². The van der Waals surface area contributed by atoms with Crippen LogP contribution in [0.1, 0.15) is 23.9 Å². The van der Waals surface area contributed by atoms with Gasteiger partial charge >= 0.3 is 0 Å². The summed E-state index contributed by atoms with van der Waals surface area (Å²) >= 11 is 3.46. The smallest absolute Gasteiger partial charge is 0.205 e. The van der Waals surface area contributed by atoms with E-state index in [0.29, 0.717) is 0 Å². The summed E-state index contributed by atoms with van der Waals surface area (Å²) in [5.41, 5.74) is 1.32. The van der Waals surface area contributed by atoms with Crippen LogP contribution in [0.2, 0.25) is 0 Å². The number of nitrogens with one attached hydrogen (secondary N) is 1. The van der Waals surface area contributed by atoms with Gasteiger partial charge in [0.25, 0.3) is 0 Å². The van der Waals surface area contributed by atoms with Crippen LogP contribution in [-0.2, 0) is 5.75 Å². The molecule has 0 saturated carbocycles. The summed E-state index contributed by atoms with van der Waals surface area (Å²) in [5, 5.41) is 13.6. The summed E-state index contributed by atoms with van der Waals surface area (Å²) in [6.07, 6.45) is 1.10. The van der Waals surface area contributed by atoms with Gasteiger partial charge in [0.15, 0.2) is 0 Å². The van der Waals surface area contributed by atoms with Crippen molar-refractivity contribution in [3.05, 3.63) is 34.8 Å². The number of aromatic nitrogens is 2. The maximum Gasteiger partial charge on any atom is 0.205 e. The van der Waals surface area contributed by atoms with E-state index in [0.717, 1.165) is 28.9 Å². The Bertz CT molecular complexity index is 496. The van der Waals surface area contributed by atoms with E-state index in [1.54, 1.807) is 11.3 Å². The molecule has 18 heavy (non-hydrogen) atoms. The van der Waals surface area contributed by atoms with Crippen LogP contribution in [0.4, 0.5) is 5.13 Å². The Hall–Kier alpha value is -1.07. The third-order valence-electron chi connectivity index (χ3n) is 2.44. The molecular weight excluding hydrogens is 262 g/mol. The van der Waals surface area contributed by atoms with Crippen LogP contribution >= 0.6 is 23.1 Å². The number of thioether (sulfide) groups is 1. The Morgan fingerprint density at radius 2 is 2.11 bits per heavy atom. The molecule has 0 fully saturated rings.